The molecular weight excluding hydrogens is 477 g/mol. The van der Waals surface area contributed by atoms with E-state index in [0.717, 1.165) is 0 Å². The number of aliphatic hydroxyl groups excluding tert-OH is 1. The quantitative estimate of drug-likeness (QED) is 0.375. The van der Waals surface area contributed by atoms with Gasteiger partial charge in [-0.1, -0.05) is 23.7 Å². The van der Waals surface area contributed by atoms with Crippen LogP contribution in [0, 0.1) is 5.82 Å². The Morgan fingerprint density at radius 2 is 2.11 bits per heavy atom. The molecular formula is C24H23ClFN5O4. The molecule has 0 fully saturated rings. The number of phenols is 1. The molecule has 182 valence electrons. The minimum absolute atomic E-state index is 0.0466. The highest BCUT2D eigenvalue weighted by Gasteiger charge is 2.32. The number of phenolic OH excluding ortho intramolecular Hbond substituents is 1. The fraction of sp³-hybridized carbons (Fsp3) is 0.250. The Morgan fingerprint density at radius 3 is 2.86 bits per heavy atom. The summed E-state index contributed by atoms with van der Waals surface area (Å²) in [5.74, 6) is -1.22. The van der Waals surface area contributed by atoms with E-state index in [4.69, 9.17) is 16.7 Å². The molecule has 0 bridgehead atoms. The Balaban J connectivity index is 1.51. The molecule has 1 unspecified atom stereocenters. The first-order valence-corrected chi connectivity index (χ1v) is 11.2. The van der Waals surface area contributed by atoms with Crippen LogP contribution in [0.1, 0.15) is 34.5 Å². The number of aromatic nitrogens is 2. The lowest BCUT2D eigenvalue weighted by molar-refractivity contribution is -0.122. The minimum atomic E-state index is -0.610. The SMILES string of the molecule is CC(NC(=O)CN1Cc2c(F)cc(-c3nc(NCCO)ncc3Cl)cc2C1=O)c1cccc(O)c1. The lowest BCUT2D eigenvalue weighted by Gasteiger charge is -2.19. The smallest absolute Gasteiger partial charge is 0.255 e. The number of carbonyl (C=O) groups is 2. The van der Waals surface area contributed by atoms with E-state index in [1.807, 2.05) is 0 Å². The number of aliphatic hydroxyl groups is 1. The van der Waals surface area contributed by atoms with E-state index in [1.54, 1.807) is 25.1 Å². The van der Waals surface area contributed by atoms with E-state index in [1.165, 1.54) is 29.3 Å². The summed E-state index contributed by atoms with van der Waals surface area (Å²) in [7, 11) is 0. The van der Waals surface area contributed by atoms with Crippen molar-refractivity contribution < 1.29 is 24.2 Å². The molecule has 2 amide bonds. The average Bonchev–Trinajstić information content (AvgIpc) is 3.14. The molecule has 0 aliphatic carbocycles. The zero-order valence-corrected chi connectivity index (χ0v) is 19.5. The van der Waals surface area contributed by atoms with Gasteiger partial charge in [-0.3, -0.25) is 9.59 Å². The zero-order chi connectivity index (χ0) is 25.1. The molecule has 0 saturated carbocycles. The first kappa shape index (κ1) is 24.4. The Bertz CT molecular complexity index is 1290. The van der Waals surface area contributed by atoms with Crippen LogP contribution in [0.3, 0.4) is 0 Å². The van der Waals surface area contributed by atoms with Crippen molar-refractivity contribution in [1.82, 2.24) is 20.2 Å². The van der Waals surface area contributed by atoms with E-state index in [9.17, 15) is 19.1 Å². The predicted octanol–water partition coefficient (Wildman–Crippen LogP) is 2.88. The monoisotopic (exact) mass is 499 g/mol. The average molecular weight is 500 g/mol. The molecule has 1 aliphatic rings. The van der Waals surface area contributed by atoms with Crippen molar-refractivity contribution in [3.8, 4) is 17.0 Å². The Hall–Kier alpha value is -3.76. The van der Waals surface area contributed by atoms with Crippen LogP contribution in [0.15, 0.2) is 42.6 Å². The molecule has 4 N–H and O–H groups in total. The van der Waals surface area contributed by atoms with Crippen molar-refractivity contribution in [1.29, 1.82) is 0 Å². The van der Waals surface area contributed by atoms with Gasteiger partial charge < -0.3 is 25.7 Å². The molecule has 1 atom stereocenters. The van der Waals surface area contributed by atoms with Gasteiger partial charge in [0.1, 0.15) is 18.1 Å². The van der Waals surface area contributed by atoms with Crippen molar-refractivity contribution in [2.45, 2.75) is 19.5 Å². The number of anilines is 1. The lowest BCUT2D eigenvalue weighted by Crippen LogP contribution is -2.38. The van der Waals surface area contributed by atoms with Gasteiger partial charge in [0, 0.05) is 23.2 Å². The Morgan fingerprint density at radius 1 is 1.31 bits per heavy atom. The number of benzene rings is 2. The minimum Gasteiger partial charge on any atom is -0.508 e. The summed E-state index contributed by atoms with van der Waals surface area (Å²) < 4.78 is 15.0. The molecule has 35 heavy (non-hydrogen) atoms. The van der Waals surface area contributed by atoms with Gasteiger partial charge in [-0.2, -0.15) is 0 Å². The molecule has 2 aromatic carbocycles. The fourth-order valence-electron chi connectivity index (χ4n) is 3.85. The summed E-state index contributed by atoms with van der Waals surface area (Å²) in [4.78, 5) is 35.1. The first-order valence-electron chi connectivity index (χ1n) is 10.8. The summed E-state index contributed by atoms with van der Waals surface area (Å²) >= 11 is 6.22. The summed E-state index contributed by atoms with van der Waals surface area (Å²) in [6.45, 7) is 1.55. The summed E-state index contributed by atoms with van der Waals surface area (Å²) in [5, 5.41) is 24.4. The highest BCUT2D eigenvalue weighted by atomic mass is 35.5. The van der Waals surface area contributed by atoms with E-state index < -0.39 is 23.7 Å². The molecule has 2 heterocycles. The van der Waals surface area contributed by atoms with Gasteiger partial charge in [0.05, 0.1) is 36.1 Å². The molecule has 3 aromatic rings. The third kappa shape index (κ3) is 5.33. The number of rotatable bonds is 8. The summed E-state index contributed by atoms with van der Waals surface area (Å²) in [6, 6.07) is 8.85. The van der Waals surface area contributed by atoms with Gasteiger partial charge in [0.25, 0.3) is 5.91 Å². The van der Waals surface area contributed by atoms with Crippen LogP contribution in [0.2, 0.25) is 5.02 Å². The number of nitrogens with one attached hydrogen (secondary N) is 2. The van der Waals surface area contributed by atoms with Crippen molar-refractivity contribution >= 4 is 29.4 Å². The highest BCUT2D eigenvalue weighted by Crippen LogP contribution is 2.33. The largest absolute Gasteiger partial charge is 0.508 e. The Labute approximate surface area is 205 Å². The predicted molar refractivity (Wildman–Crippen MR) is 127 cm³/mol. The normalized spacial score (nSPS) is 13.5. The van der Waals surface area contributed by atoms with E-state index >= 15 is 0 Å². The van der Waals surface area contributed by atoms with Crippen LogP contribution in [-0.4, -0.2) is 56.6 Å². The maximum absolute atomic E-state index is 15.0. The molecule has 0 spiro atoms. The topological polar surface area (TPSA) is 128 Å². The molecule has 1 aliphatic heterocycles. The van der Waals surface area contributed by atoms with E-state index in [0.29, 0.717) is 5.56 Å². The fourth-order valence-corrected chi connectivity index (χ4v) is 4.05. The third-order valence-electron chi connectivity index (χ3n) is 5.56. The molecule has 4 rings (SSSR count). The number of amides is 2. The molecule has 0 saturated heterocycles. The molecule has 1 aromatic heterocycles. The number of hydrogen-bond acceptors (Lipinski definition) is 7. The molecule has 0 radical (unpaired) electrons. The number of aromatic hydroxyl groups is 1. The van der Waals surface area contributed by atoms with Crippen LogP contribution >= 0.6 is 11.6 Å². The third-order valence-corrected chi connectivity index (χ3v) is 5.83. The number of carbonyl (C=O) groups excluding carboxylic acids is 2. The van der Waals surface area contributed by atoms with Crippen LogP contribution in [0.4, 0.5) is 10.3 Å². The van der Waals surface area contributed by atoms with Crippen molar-refractivity contribution in [3.05, 3.63) is 70.1 Å². The number of fused-ring (bicyclic) bond motifs is 1. The van der Waals surface area contributed by atoms with Gasteiger partial charge >= 0.3 is 0 Å². The van der Waals surface area contributed by atoms with Crippen molar-refractivity contribution in [3.63, 3.8) is 0 Å². The van der Waals surface area contributed by atoms with Crippen LogP contribution in [0.5, 0.6) is 5.75 Å². The second-order valence-electron chi connectivity index (χ2n) is 8.07. The van der Waals surface area contributed by atoms with Gasteiger partial charge in [-0.05, 0) is 36.8 Å². The van der Waals surface area contributed by atoms with Crippen LogP contribution in [-0.2, 0) is 11.3 Å². The van der Waals surface area contributed by atoms with Crippen LogP contribution in [0.25, 0.3) is 11.3 Å². The van der Waals surface area contributed by atoms with E-state index in [2.05, 4.69) is 20.6 Å². The number of halogens is 2. The van der Waals surface area contributed by atoms with Crippen molar-refractivity contribution in [2.75, 3.05) is 25.0 Å². The lowest BCUT2D eigenvalue weighted by atomic mass is 10.0. The molecule has 11 heteroatoms. The van der Waals surface area contributed by atoms with Gasteiger partial charge in [-0.15, -0.1) is 0 Å². The number of hydrogen-bond donors (Lipinski definition) is 4. The standard InChI is InChI=1S/C24H23ClFN5O4/c1-13(14-3-2-4-16(33)7-14)29-21(34)12-31-11-18-17(23(31)35)8-15(9-20(18)26)22-19(25)10-28-24(30-22)27-5-6-32/h2-4,7-10,13,32-33H,5-6,11-12H2,1H3,(H,29,34)(H,27,28,30). The van der Waals surface area contributed by atoms with Crippen molar-refractivity contribution in [2.24, 2.45) is 0 Å². The number of nitrogens with zero attached hydrogens (tertiary/aromatic N) is 3. The summed E-state index contributed by atoms with van der Waals surface area (Å²) in [5.41, 5.74) is 1.55. The summed E-state index contributed by atoms with van der Waals surface area (Å²) in [6.07, 6.45) is 1.35. The Kier molecular flexibility index (Phi) is 7.13. The second-order valence-corrected chi connectivity index (χ2v) is 8.48. The highest BCUT2D eigenvalue weighted by molar-refractivity contribution is 6.33. The zero-order valence-electron chi connectivity index (χ0n) is 18.8. The molecule has 9 nitrogen and oxygen atoms in total. The maximum Gasteiger partial charge on any atom is 0.255 e. The first-order chi connectivity index (χ1) is 16.8. The second kappa shape index (κ2) is 10.2. The van der Waals surface area contributed by atoms with Gasteiger partial charge in [-0.25, -0.2) is 14.4 Å². The maximum atomic E-state index is 15.0. The van der Waals surface area contributed by atoms with Gasteiger partial charge in [0.2, 0.25) is 11.9 Å². The van der Waals surface area contributed by atoms with Gasteiger partial charge in [0.15, 0.2) is 0 Å². The van der Waals surface area contributed by atoms with E-state index in [-0.39, 0.29) is 65.3 Å². The van der Waals surface area contributed by atoms with Crippen LogP contribution < -0.4 is 10.6 Å².